The fraction of sp³-hybridized carbons (Fsp3) is 0.412. The van der Waals surface area contributed by atoms with Crippen LogP contribution in [0.2, 0.25) is 19.6 Å². The van der Waals surface area contributed by atoms with Gasteiger partial charge in [0, 0.05) is 0 Å². The quantitative estimate of drug-likeness (QED) is 0.444. The molecular weight excluding hydrogens is 367 g/mol. The summed E-state index contributed by atoms with van der Waals surface area (Å²) in [5.41, 5.74) is 2.70. The van der Waals surface area contributed by atoms with Crippen LogP contribution < -0.4 is 29.2 Å². The van der Waals surface area contributed by atoms with E-state index in [1.807, 2.05) is 0 Å². The molecule has 1 aliphatic carbocycles. The van der Waals surface area contributed by atoms with Gasteiger partial charge in [0.05, 0.1) is 0 Å². The number of benzene rings is 1. The Morgan fingerprint density at radius 2 is 1.77 bits per heavy atom. The second-order valence-corrected chi connectivity index (χ2v) is 10.4. The smallest absolute Gasteiger partial charge is 1.00 e. The molecule has 119 valence electrons. The number of allylic oxidation sites excluding steroid dienone is 4. The molecule has 0 N–H and O–H groups in total. The SMILES string of the molecule is C[Si](C)(C)Oc1ccccc1CCCC1=[C-]CC=C1.[Cl-].[Cl-].[Ti+3]. The van der Waals surface area contributed by atoms with Crippen LogP contribution in [0.25, 0.3) is 0 Å². The molecule has 0 aromatic heterocycles. The van der Waals surface area contributed by atoms with E-state index in [2.05, 4.69) is 62.1 Å². The summed E-state index contributed by atoms with van der Waals surface area (Å²) in [4.78, 5) is 0. The monoisotopic (exact) mass is 389 g/mol. The van der Waals surface area contributed by atoms with Gasteiger partial charge in [0.2, 0.25) is 8.32 Å². The van der Waals surface area contributed by atoms with Gasteiger partial charge >= 0.3 is 21.7 Å². The molecule has 0 saturated heterocycles. The third kappa shape index (κ3) is 8.59. The summed E-state index contributed by atoms with van der Waals surface area (Å²) in [6, 6.07) is 8.47. The zero-order chi connectivity index (χ0) is 13.7. The zero-order valence-electron chi connectivity index (χ0n) is 13.5. The maximum Gasteiger partial charge on any atom is 3.00 e. The van der Waals surface area contributed by atoms with Gasteiger partial charge in [0.25, 0.3) is 0 Å². The Bertz CT molecular complexity index is 496. The van der Waals surface area contributed by atoms with Gasteiger partial charge in [-0.2, -0.15) is 6.08 Å². The van der Waals surface area contributed by atoms with Crippen molar-refractivity contribution in [3.63, 3.8) is 0 Å². The first-order valence-electron chi connectivity index (χ1n) is 7.08. The van der Waals surface area contributed by atoms with Crippen LogP contribution in [0, 0.1) is 6.08 Å². The third-order valence-corrected chi connectivity index (χ3v) is 3.88. The molecule has 1 radical (unpaired) electrons. The minimum absolute atomic E-state index is 0. The van der Waals surface area contributed by atoms with Crippen LogP contribution in [-0.4, -0.2) is 8.32 Å². The number of hydrogen-bond donors (Lipinski definition) is 0. The molecule has 5 heteroatoms. The van der Waals surface area contributed by atoms with Gasteiger partial charge in [0.15, 0.2) is 0 Å². The second kappa shape index (κ2) is 11.5. The normalized spacial score (nSPS) is 12.6. The van der Waals surface area contributed by atoms with Crippen molar-refractivity contribution in [3.8, 4) is 5.75 Å². The molecular formula is C17H23Cl2OSiTi. The number of rotatable bonds is 6. The Morgan fingerprint density at radius 3 is 2.36 bits per heavy atom. The van der Waals surface area contributed by atoms with Crippen LogP contribution in [0.15, 0.2) is 42.0 Å². The van der Waals surface area contributed by atoms with Gasteiger partial charge in [0.1, 0.15) is 5.75 Å². The average Bonchev–Trinajstić information content (AvgIpc) is 2.82. The first-order chi connectivity index (χ1) is 9.04. The van der Waals surface area contributed by atoms with Crippen LogP contribution >= 0.6 is 0 Å². The maximum absolute atomic E-state index is 6.16. The standard InChI is InChI=1S/C17H23OSi.2ClH.Ti/c1-19(2,3)18-17-14-7-6-12-16(17)13-8-11-15-9-4-5-10-15;;;/h4,6-7,9,12,14H,5,8,11,13H2,1-3H3;2*1H;/q-1;;;+3/p-2. The van der Waals surface area contributed by atoms with Crippen molar-refractivity contribution in [1.82, 2.24) is 0 Å². The van der Waals surface area contributed by atoms with Gasteiger partial charge < -0.3 is 29.2 Å². The van der Waals surface area contributed by atoms with E-state index in [4.69, 9.17) is 4.43 Å². The molecule has 22 heavy (non-hydrogen) atoms. The summed E-state index contributed by atoms with van der Waals surface area (Å²) in [5.74, 6) is 1.08. The summed E-state index contributed by atoms with van der Waals surface area (Å²) in [6.45, 7) is 6.69. The van der Waals surface area contributed by atoms with Crippen molar-refractivity contribution < 1.29 is 51.0 Å². The molecule has 0 aliphatic heterocycles. The van der Waals surface area contributed by atoms with E-state index < -0.39 is 8.32 Å². The minimum atomic E-state index is -1.52. The zero-order valence-corrected chi connectivity index (χ0v) is 17.5. The van der Waals surface area contributed by atoms with Gasteiger partial charge in [-0.25, -0.2) is 11.6 Å². The van der Waals surface area contributed by atoms with Crippen molar-refractivity contribution in [1.29, 1.82) is 0 Å². The van der Waals surface area contributed by atoms with Crippen molar-refractivity contribution in [3.05, 3.63) is 53.6 Å². The molecule has 0 saturated carbocycles. The Hall–Kier alpha value is 0.0112. The molecule has 2 rings (SSSR count). The molecule has 0 fully saturated rings. The molecule has 1 aromatic carbocycles. The largest absolute Gasteiger partial charge is 3.00 e. The van der Waals surface area contributed by atoms with E-state index in [0.717, 1.165) is 25.0 Å². The summed E-state index contributed by atoms with van der Waals surface area (Å²) in [7, 11) is -1.52. The van der Waals surface area contributed by atoms with E-state index in [0.29, 0.717) is 0 Å². The fourth-order valence-corrected chi connectivity index (χ4v) is 3.09. The van der Waals surface area contributed by atoms with Gasteiger partial charge in [-0.15, -0.1) is 6.42 Å². The second-order valence-electron chi connectivity index (χ2n) is 5.98. The summed E-state index contributed by atoms with van der Waals surface area (Å²) in [6.07, 6.45) is 12.1. The number of aryl methyl sites for hydroxylation is 1. The summed E-state index contributed by atoms with van der Waals surface area (Å²) in [5, 5.41) is 0. The van der Waals surface area contributed by atoms with Gasteiger partial charge in [-0.3, -0.25) is 6.08 Å². The molecule has 1 aromatic rings. The van der Waals surface area contributed by atoms with Crippen LogP contribution in [-0.2, 0) is 28.1 Å². The molecule has 0 bridgehead atoms. The van der Waals surface area contributed by atoms with Crippen LogP contribution in [0.5, 0.6) is 5.75 Å². The molecule has 0 atom stereocenters. The van der Waals surface area contributed by atoms with Gasteiger partial charge in [-0.1, -0.05) is 24.6 Å². The van der Waals surface area contributed by atoms with Crippen molar-refractivity contribution in [2.75, 3.05) is 0 Å². The van der Waals surface area contributed by atoms with E-state index in [1.54, 1.807) is 0 Å². The van der Waals surface area contributed by atoms with Crippen LogP contribution in [0.4, 0.5) is 0 Å². The summed E-state index contributed by atoms with van der Waals surface area (Å²) >= 11 is 0. The predicted octanol–water partition coefficient (Wildman–Crippen LogP) is -1.08. The van der Waals surface area contributed by atoms with Crippen molar-refractivity contribution in [2.45, 2.75) is 45.3 Å². The molecule has 0 amide bonds. The van der Waals surface area contributed by atoms with E-state index in [-0.39, 0.29) is 46.5 Å². The van der Waals surface area contributed by atoms with E-state index in [1.165, 1.54) is 17.6 Å². The number of halogens is 2. The van der Waals surface area contributed by atoms with Crippen LogP contribution in [0.3, 0.4) is 0 Å². The molecule has 1 nitrogen and oxygen atoms in total. The Morgan fingerprint density at radius 1 is 1.09 bits per heavy atom. The van der Waals surface area contributed by atoms with E-state index in [9.17, 15) is 0 Å². The molecule has 0 spiro atoms. The molecule has 0 unspecified atom stereocenters. The number of hydrogen-bond acceptors (Lipinski definition) is 1. The van der Waals surface area contributed by atoms with Crippen molar-refractivity contribution in [2.24, 2.45) is 0 Å². The van der Waals surface area contributed by atoms with Crippen molar-refractivity contribution >= 4 is 8.32 Å². The van der Waals surface area contributed by atoms with Crippen LogP contribution in [0.1, 0.15) is 24.8 Å². The fourth-order valence-electron chi connectivity index (χ4n) is 2.23. The topological polar surface area (TPSA) is 9.23 Å². The number of para-hydroxylation sites is 1. The molecule has 1 aliphatic rings. The average molecular weight is 390 g/mol. The van der Waals surface area contributed by atoms with Gasteiger partial charge in [-0.05, 0) is 44.1 Å². The predicted molar refractivity (Wildman–Crippen MR) is 83.9 cm³/mol. The minimum Gasteiger partial charge on any atom is -1.00 e. The summed E-state index contributed by atoms with van der Waals surface area (Å²) < 4.78 is 6.16. The van der Waals surface area contributed by atoms with E-state index >= 15 is 0 Å². The maximum atomic E-state index is 6.16. The first kappa shape index (κ1) is 24.3. The first-order valence-corrected chi connectivity index (χ1v) is 10.5. The Labute approximate surface area is 163 Å². The Kier molecular flexibility index (Phi) is 12.7. The molecule has 0 heterocycles. The Balaban J connectivity index is 0. The third-order valence-electron chi connectivity index (χ3n) is 3.05.